The van der Waals surface area contributed by atoms with Gasteiger partial charge in [0.05, 0.1) is 11.6 Å². The fraction of sp³-hybridized carbons (Fsp3) is 0.0833. The number of hydrogen-bond donors (Lipinski definition) is 3. The Morgan fingerprint density at radius 3 is 2.53 bits per heavy atom. The topological polar surface area (TPSA) is 117 Å². The van der Waals surface area contributed by atoms with Crippen molar-refractivity contribution < 1.29 is 0 Å². The van der Waals surface area contributed by atoms with Gasteiger partial charge in [-0.2, -0.15) is 15.2 Å². The zero-order valence-electron chi connectivity index (χ0n) is 10.3. The van der Waals surface area contributed by atoms with Crippen molar-refractivity contribution in [1.82, 2.24) is 9.97 Å². The smallest absolute Gasteiger partial charge is 0.224 e. The van der Waals surface area contributed by atoms with E-state index in [0.29, 0.717) is 17.2 Å². The zero-order chi connectivity index (χ0) is 13.8. The number of nitrogens with one attached hydrogen (secondary N) is 1. The highest BCUT2D eigenvalue weighted by Gasteiger charge is 2.08. The number of anilines is 4. The number of benzene rings is 1. The third-order valence-corrected chi connectivity index (χ3v) is 2.61. The van der Waals surface area contributed by atoms with Crippen LogP contribution in [0.2, 0.25) is 0 Å². The van der Waals surface area contributed by atoms with Crippen LogP contribution in [0.1, 0.15) is 5.56 Å². The van der Waals surface area contributed by atoms with Crippen LogP contribution in [0, 0.1) is 11.3 Å². The monoisotopic (exact) mass is 255 g/mol. The molecule has 0 radical (unpaired) electrons. The minimum atomic E-state index is 0.131. The number of nitrogens with zero attached hydrogens (tertiary/aromatic N) is 4. The van der Waals surface area contributed by atoms with E-state index in [-0.39, 0.29) is 5.95 Å². The Labute approximate surface area is 110 Å². The summed E-state index contributed by atoms with van der Waals surface area (Å²) in [4.78, 5) is 9.87. The van der Waals surface area contributed by atoms with Crippen LogP contribution >= 0.6 is 0 Å². The first-order valence-electron chi connectivity index (χ1n) is 5.49. The van der Waals surface area contributed by atoms with Gasteiger partial charge in [-0.25, -0.2) is 5.84 Å². The highest BCUT2D eigenvalue weighted by Crippen LogP contribution is 2.24. The molecule has 0 aliphatic carbocycles. The number of nitrogens with two attached hydrogens (primary N) is 2. The molecule has 1 aromatic heterocycles. The van der Waals surface area contributed by atoms with E-state index >= 15 is 0 Å². The van der Waals surface area contributed by atoms with Crippen LogP contribution < -0.4 is 21.9 Å². The highest BCUT2D eigenvalue weighted by atomic mass is 15.3. The van der Waals surface area contributed by atoms with E-state index in [9.17, 15) is 0 Å². The summed E-state index contributed by atoms with van der Waals surface area (Å²) in [6, 6.07) is 10.9. The van der Waals surface area contributed by atoms with Gasteiger partial charge in [-0.05, 0) is 24.3 Å². The maximum atomic E-state index is 8.77. The molecule has 96 valence electrons. The number of aromatic nitrogens is 2. The number of nitrogen functional groups attached to an aromatic ring is 2. The summed E-state index contributed by atoms with van der Waals surface area (Å²) >= 11 is 0. The molecule has 7 heteroatoms. The fourth-order valence-corrected chi connectivity index (χ4v) is 1.59. The van der Waals surface area contributed by atoms with Crippen molar-refractivity contribution in [2.75, 3.05) is 23.1 Å². The SMILES string of the molecule is CN(c1ccc(C#N)cc1)c1cc(NN)nc(N)n1. The molecule has 2 rings (SSSR count). The lowest BCUT2D eigenvalue weighted by atomic mass is 10.2. The molecule has 0 saturated heterocycles. The summed E-state index contributed by atoms with van der Waals surface area (Å²) in [5, 5.41) is 8.77. The lowest BCUT2D eigenvalue weighted by molar-refractivity contribution is 1.08. The molecule has 0 spiro atoms. The molecule has 0 fully saturated rings. The number of hydrogen-bond acceptors (Lipinski definition) is 7. The van der Waals surface area contributed by atoms with Gasteiger partial charge in [0.2, 0.25) is 5.95 Å². The van der Waals surface area contributed by atoms with Gasteiger partial charge < -0.3 is 16.1 Å². The van der Waals surface area contributed by atoms with Crippen molar-refractivity contribution in [3.63, 3.8) is 0 Å². The second-order valence-corrected chi connectivity index (χ2v) is 3.83. The van der Waals surface area contributed by atoms with Gasteiger partial charge >= 0.3 is 0 Å². The average molecular weight is 255 g/mol. The molecule has 0 unspecified atom stereocenters. The van der Waals surface area contributed by atoms with E-state index in [4.69, 9.17) is 16.8 Å². The molecule has 19 heavy (non-hydrogen) atoms. The lowest BCUT2D eigenvalue weighted by Gasteiger charge is -2.19. The summed E-state index contributed by atoms with van der Waals surface area (Å²) in [6.07, 6.45) is 0. The third kappa shape index (κ3) is 2.70. The molecular formula is C12H13N7. The third-order valence-electron chi connectivity index (χ3n) is 2.61. The van der Waals surface area contributed by atoms with Crippen molar-refractivity contribution >= 4 is 23.3 Å². The number of nitriles is 1. The molecule has 0 bridgehead atoms. The van der Waals surface area contributed by atoms with Crippen molar-refractivity contribution in [3.05, 3.63) is 35.9 Å². The maximum Gasteiger partial charge on any atom is 0.224 e. The highest BCUT2D eigenvalue weighted by molar-refractivity contribution is 5.63. The molecule has 0 saturated carbocycles. The van der Waals surface area contributed by atoms with Crippen LogP contribution in [0.25, 0.3) is 0 Å². The van der Waals surface area contributed by atoms with Gasteiger partial charge in [-0.1, -0.05) is 0 Å². The van der Waals surface area contributed by atoms with Crippen LogP contribution in [0.15, 0.2) is 30.3 Å². The van der Waals surface area contributed by atoms with E-state index < -0.39 is 0 Å². The van der Waals surface area contributed by atoms with Crippen molar-refractivity contribution in [2.45, 2.75) is 0 Å². The standard InChI is InChI=1S/C12H13N7/c1-19(9-4-2-8(7-13)3-5-9)11-6-10(18-15)16-12(14)17-11/h2-6H,15H2,1H3,(H3,14,16,17,18). The van der Waals surface area contributed by atoms with Crippen molar-refractivity contribution in [2.24, 2.45) is 5.84 Å². The van der Waals surface area contributed by atoms with Crippen LogP contribution in [-0.4, -0.2) is 17.0 Å². The van der Waals surface area contributed by atoms with Gasteiger partial charge in [0.1, 0.15) is 11.6 Å². The van der Waals surface area contributed by atoms with Crippen LogP contribution in [0.3, 0.4) is 0 Å². The molecule has 0 amide bonds. The predicted octanol–water partition coefficient (Wildman–Crippen LogP) is 0.984. The molecular weight excluding hydrogens is 242 g/mol. The summed E-state index contributed by atoms with van der Waals surface area (Å²) in [7, 11) is 1.84. The van der Waals surface area contributed by atoms with Gasteiger partial charge in [-0.3, -0.25) is 0 Å². The molecule has 2 aromatic rings. The molecule has 5 N–H and O–H groups in total. The van der Waals surface area contributed by atoms with Crippen LogP contribution in [-0.2, 0) is 0 Å². The second kappa shape index (κ2) is 5.20. The fourth-order valence-electron chi connectivity index (χ4n) is 1.59. The van der Waals surface area contributed by atoms with Gasteiger partial charge in [0.15, 0.2) is 0 Å². The maximum absolute atomic E-state index is 8.77. The number of hydrazine groups is 1. The van der Waals surface area contributed by atoms with Gasteiger partial charge in [-0.15, -0.1) is 0 Å². The van der Waals surface area contributed by atoms with E-state index in [1.807, 2.05) is 24.1 Å². The molecule has 0 aliphatic rings. The summed E-state index contributed by atoms with van der Waals surface area (Å²) < 4.78 is 0. The largest absolute Gasteiger partial charge is 0.368 e. The van der Waals surface area contributed by atoms with Gasteiger partial charge in [0.25, 0.3) is 0 Å². The number of rotatable bonds is 3. The normalized spacial score (nSPS) is 9.74. The molecule has 1 aromatic carbocycles. The first-order valence-corrected chi connectivity index (χ1v) is 5.49. The summed E-state index contributed by atoms with van der Waals surface area (Å²) in [6.45, 7) is 0. The van der Waals surface area contributed by atoms with Crippen LogP contribution in [0.5, 0.6) is 0 Å². The van der Waals surface area contributed by atoms with Crippen molar-refractivity contribution in [3.8, 4) is 6.07 Å². The van der Waals surface area contributed by atoms with Gasteiger partial charge in [0, 0.05) is 18.8 Å². The quantitative estimate of drug-likeness (QED) is 0.552. The molecule has 7 nitrogen and oxygen atoms in total. The Balaban J connectivity index is 2.35. The first kappa shape index (κ1) is 12.6. The van der Waals surface area contributed by atoms with E-state index in [2.05, 4.69) is 21.5 Å². The first-order chi connectivity index (χ1) is 9.13. The lowest BCUT2D eigenvalue weighted by Crippen LogP contribution is -2.15. The minimum absolute atomic E-state index is 0.131. The minimum Gasteiger partial charge on any atom is -0.368 e. The Kier molecular flexibility index (Phi) is 3.45. The van der Waals surface area contributed by atoms with Crippen molar-refractivity contribution in [1.29, 1.82) is 5.26 Å². The Hall–Kier alpha value is -2.85. The summed E-state index contributed by atoms with van der Waals surface area (Å²) in [5.41, 5.74) is 9.52. The Morgan fingerprint density at radius 1 is 1.26 bits per heavy atom. The predicted molar refractivity (Wildman–Crippen MR) is 73.5 cm³/mol. The average Bonchev–Trinajstić information content (AvgIpc) is 2.46. The van der Waals surface area contributed by atoms with E-state index in [1.54, 1.807) is 18.2 Å². The Bertz CT molecular complexity index is 615. The zero-order valence-corrected chi connectivity index (χ0v) is 10.3. The van der Waals surface area contributed by atoms with Crippen LogP contribution in [0.4, 0.5) is 23.3 Å². The van der Waals surface area contributed by atoms with E-state index in [0.717, 1.165) is 5.69 Å². The summed E-state index contributed by atoms with van der Waals surface area (Å²) in [5.74, 6) is 6.48. The molecule has 1 heterocycles. The molecule has 0 aliphatic heterocycles. The second-order valence-electron chi connectivity index (χ2n) is 3.83. The molecule has 0 atom stereocenters. The van der Waals surface area contributed by atoms with E-state index in [1.165, 1.54) is 0 Å². The Morgan fingerprint density at radius 2 is 1.95 bits per heavy atom.